The normalized spacial score (nSPS) is 12.7. The molecule has 0 radical (unpaired) electrons. The molecular weight excluding hydrogens is 459 g/mol. The van der Waals surface area contributed by atoms with Crippen molar-refractivity contribution >= 4 is 46.6 Å². The summed E-state index contributed by atoms with van der Waals surface area (Å²) in [6.07, 6.45) is 1.23. The first-order chi connectivity index (χ1) is 14.7. The Morgan fingerprint density at radius 3 is 2.35 bits per heavy atom. The number of hydrogen-bond donors (Lipinski definition) is 1. The molecule has 0 aliphatic rings. The van der Waals surface area contributed by atoms with Gasteiger partial charge in [-0.1, -0.05) is 60.8 Å². The fourth-order valence-electron chi connectivity index (χ4n) is 2.98. The molecule has 0 unspecified atom stereocenters. The molecule has 2 aromatic rings. The molecule has 5 nitrogen and oxygen atoms in total. The second-order valence-electron chi connectivity index (χ2n) is 7.25. The number of carbonyl (C=O) groups excluding carboxylic acids is 2. The first kappa shape index (κ1) is 25.3. The predicted octanol–water partition coefficient (Wildman–Crippen LogP) is 5.75. The number of rotatable bonds is 10. The van der Waals surface area contributed by atoms with E-state index >= 15 is 0 Å². The fraction of sp³-hybridized carbons (Fsp3) is 0.391. The smallest absolute Gasteiger partial charge is 0.261 e. The molecule has 8 heteroatoms. The van der Waals surface area contributed by atoms with Crippen molar-refractivity contribution < 1.29 is 14.3 Å². The van der Waals surface area contributed by atoms with Crippen LogP contribution in [0.2, 0.25) is 15.1 Å². The average Bonchev–Trinajstić information content (AvgIpc) is 2.73. The van der Waals surface area contributed by atoms with Crippen LogP contribution in [0.15, 0.2) is 42.5 Å². The Balaban J connectivity index is 2.26. The molecule has 0 bridgehead atoms. The molecule has 0 fully saturated rings. The SMILES string of the molecule is CC[C@H](C(=O)N[C@@H](C)CC)N(Cc1ccc(Cl)cc1Cl)C(=O)COc1cccc(Cl)c1. The summed E-state index contributed by atoms with van der Waals surface area (Å²) in [4.78, 5) is 27.6. The molecule has 0 spiro atoms. The maximum Gasteiger partial charge on any atom is 0.261 e. The number of carbonyl (C=O) groups is 2. The zero-order valence-electron chi connectivity index (χ0n) is 17.8. The maximum absolute atomic E-state index is 13.2. The van der Waals surface area contributed by atoms with Crippen LogP contribution >= 0.6 is 34.8 Å². The first-order valence-electron chi connectivity index (χ1n) is 10.2. The van der Waals surface area contributed by atoms with Crippen molar-refractivity contribution in [3.05, 3.63) is 63.1 Å². The van der Waals surface area contributed by atoms with E-state index in [1.54, 1.807) is 42.5 Å². The van der Waals surface area contributed by atoms with Gasteiger partial charge in [-0.05, 0) is 55.7 Å². The van der Waals surface area contributed by atoms with Gasteiger partial charge in [0.15, 0.2) is 6.61 Å². The summed E-state index contributed by atoms with van der Waals surface area (Å²) in [5.41, 5.74) is 0.692. The Labute approximate surface area is 198 Å². The molecular formula is C23H27Cl3N2O3. The zero-order chi connectivity index (χ0) is 23.0. The van der Waals surface area contributed by atoms with Crippen molar-refractivity contribution in [1.29, 1.82) is 0 Å². The van der Waals surface area contributed by atoms with E-state index in [4.69, 9.17) is 39.5 Å². The van der Waals surface area contributed by atoms with Crippen LogP contribution in [0.25, 0.3) is 0 Å². The van der Waals surface area contributed by atoms with Gasteiger partial charge in [0, 0.05) is 27.7 Å². The van der Waals surface area contributed by atoms with E-state index < -0.39 is 6.04 Å². The minimum atomic E-state index is -0.670. The van der Waals surface area contributed by atoms with Crippen molar-refractivity contribution in [2.75, 3.05) is 6.61 Å². The topological polar surface area (TPSA) is 58.6 Å². The van der Waals surface area contributed by atoms with Crippen molar-refractivity contribution in [3.8, 4) is 5.75 Å². The standard InChI is InChI=1S/C23H27Cl3N2O3/c1-4-15(3)27-23(30)21(5-2)28(13-16-9-10-18(25)12-20(16)26)22(29)14-31-19-8-6-7-17(24)11-19/h6-12,15,21H,4-5,13-14H2,1-3H3,(H,27,30)/t15-,21+/m0/s1. The van der Waals surface area contributed by atoms with Crippen molar-refractivity contribution in [2.24, 2.45) is 0 Å². The third-order valence-corrected chi connectivity index (χ3v) is 5.72. The second kappa shape index (κ2) is 12.2. The fourth-order valence-corrected chi connectivity index (χ4v) is 3.63. The zero-order valence-corrected chi connectivity index (χ0v) is 20.1. The van der Waals surface area contributed by atoms with E-state index in [0.29, 0.717) is 32.8 Å². The molecule has 0 aromatic heterocycles. The summed E-state index contributed by atoms with van der Waals surface area (Å²) in [6, 6.07) is 11.2. The van der Waals surface area contributed by atoms with Crippen LogP contribution < -0.4 is 10.1 Å². The van der Waals surface area contributed by atoms with Gasteiger partial charge in [0.05, 0.1) is 0 Å². The Bertz CT molecular complexity index is 907. The molecule has 0 saturated carbocycles. The largest absolute Gasteiger partial charge is 0.484 e. The van der Waals surface area contributed by atoms with Gasteiger partial charge in [0.1, 0.15) is 11.8 Å². The van der Waals surface area contributed by atoms with Crippen molar-refractivity contribution in [1.82, 2.24) is 10.2 Å². The van der Waals surface area contributed by atoms with E-state index in [1.807, 2.05) is 20.8 Å². The number of halogens is 3. The number of ether oxygens (including phenoxy) is 1. The van der Waals surface area contributed by atoms with E-state index in [2.05, 4.69) is 5.32 Å². The van der Waals surface area contributed by atoms with Gasteiger partial charge in [-0.3, -0.25) is 9.59 Å². The van der Waals surface area contributed by atoms with Gasteiger partial charge in [0.2, 0.25) is 5.91 Å². The van der Waals surface area contributed by atoms with E-state index in [0.717, 1.165) is 6.42 Å². The van der Waals surface area contributed by atoms with Crippen molar-refractivity contribution in [2.45, 2.75) is 52.2 Å². The Morgan fingerprint density at radius 1 is 1.03 bits per heavy atom. The lowest BCUT2D eigenvalue weighted by molar-refractivity contribution is -0.143. The molecule has 2 aromatic carbocycles. The van der Waals surface area contributed by atoms with Gasteiger partial charge >= 0.3 is 0 Å². The Morgan fingerprint density at radius 2 is 1.74 bits per heavy atom. The highest BCUT2D eigenvalue weighted by atomic mass is 35.5. The van der Waals surface area contributed by atoms with E-state index in [9.17, 15) is 9.59 Å². The maximum atomic E-state index is 13.2. The third-order valence-electron chi connectivity index (χ3n) is 4.90. The summed E-state index contributed by atoms with van der Waals surface area (Å²) >= 11 is 18.3. The molecule has 168 valence electrons. The van der Waals surface area contributed by atoms with Crippen LogP contribution in [0.4, 0.5) is 0 Å². The van der Waals surface area contributed by atoms with Gasteiger partial charge < -0.3 is 15.0 Å². The second-order valence-corrected chi connectivity index (χ2v) is 8.53. The summed E-state index contributed by atoms with van der Waals surface area (Å²) in [5, 5.41) is 4.40. The van der Waals surface area contributed by atoms with Crippen LogP contribution in [0.1, 0.15) is 39.2 Å². The third kappa shape index (κ3) is 7.60. The predicted molar refractivity (Wildman–Crippen MR) is 126 cm³/mol. The number of nitrogens with zero attached hydrogens (tertiary/aromatic N) is 1. The number of hydrogen-bond acceptors (Lipinski definition) is 3. The molecule has 1 N–H and O–H groups in total. The molecule has 0 saturated heterocycles. The first-order valence-corrected chi connectivity index (χ1v) is 11.3. The summed E-state index contributed by atoms with van der Waals surface area (Å²) in [7, 11) is 0. The average molecular weight is 486 g/mol. The van der Waals surface area contributed by atoms with Crippen LogP contribution in [0.5, 0.6) is 5.75 Å². The van der Waals surface area contributed by atoms with Crippen LogP contribution in [0, 0.1) is 0 Å². The molecule has 2 amide bonds. The number of nitrogens with one attached hydrogen (secondary N) is 1. The summed E-state index contributed by atoms with van der Waals surface area (Å²) < 4.78 is 5.63. The quantitative estimate of drug-likeness (QED) is 0.466. The number of benzene rings is 2. The lowest BCUT2D eigenvalue weighted by Crippen LogP contribution is -2.51. The molecule has 2 atom stereocenters. The Hall–Kier alpha value is -1.95. The van der Waals surface area contributed by atoms with Crippen LogP contribution in [0.3, 0.4) is 0 Å². The van der Waals surface area contributed by atoms with Crippen LogP contribution in [-0.4, -0.2) is 35.4 Å². The van der Waals surface area contributed by atoms with Gasteiger partial charge in [-0.15, -0.1) is 0 Å². The lowest BCUT2D eigenvalue weighted by atomic mass is 10.1. The minimum Gasteiger partial charge on any atom is -0.484 e. The molecule has 0 heterocycles. The lowest BCUT2D eigenvalue weighted by Gasteiger charge is -2.31. The Kier molecular flexibility index (Phi) is 9.94. The monoisotopic (exact) mass is 484 g/mol. The highest BCUT2D eigenvalue weighted by Crippen LogP contribution is 2.24. The highest BCUT2D eigenvalue weighted by molar-refractivity contribution is 6.35. The van der Waals surface area contributed by atoms with Gasteiger partial charge in [-0.25, -0.2) is 0 Å². The van der Waals surface area contributed by atoms with Gasteiger partial charge in [-0.2, -0.15) is 0 Å². The van der Waals surface area contributed by atoms with E-state index in [-0.39, 0.29) is 31.0 Å². The summed E-state index contributed by atoms with van der Waals surface area (Å²) in [6.45, 7) is 5.69. The van der Waals surface area contributed by atoms with Crippen LogP contribution in [-0.2, 0) is 16.1 Å². The molecule has 31 heavy (non-hydrogen) atoms. The van der Waals surface area contributed by atoms with E-state index in [1.165, 1.54) is 4.90 Å². The molecule has 2 rings (SSSR count). The summed E-state index contributed by atoms with van der Waals surface area (Å²) in [5.74, 6) is -0.0717. The number of amides is 2. The molecule has 0 aliphatic heterocycles. The minimum absolute atomic E-state index is 0.000308. The highest BCUT2D eigenvalue weighted by Gasteiger charge is 2.30. The van der Waals surface area contributed by atoms with Gasteiger partial charge in [0.25, 0.3) is 5.91 Å². The molecule has 0 aliphatic carbocycles. The van der Waals surface area contributed by atoms with Crippen molar-refractivity contribution in [3.63, 3.8) is 0 Å².